The van der Waals surface area contributed by atoms with Gasteiger partial charge in [-0.3, -0.25) is 14.4 Å². The van der Waals surface area contributed by atoms with Crippen LogP contribution in [-0.4, -0.2) is 74.5 Å². The fourth-order valence-electron chi connectivity index (χ4n) is 3.58. The second-order valence-corrected chi connectivity index (χ2v) is 8.72. The number of carbonyl (C=O) groups excluding carboxylic acids is 3. The summed E-state index contributed by atoms with van der Waals surface area (Å²) >= 11 is 5.23. The van der Waals surface area contributed by atoms with Crippen molar-refractivity contribution in [3.8, 4) is 0 Å². The molecule has 2 heterocycles. The van der Waals surface area contributed by atoms with Crippen LogP contribution in [0.15, 0.2) is 0 Å². The highest BCUT2D eigenvalue weighted by Crippen LogP contribution is 2.27. The topological polar surface area (TPSA) is 95.0 Å². The van der Waals surface area contributed by atoms with Gasteiger partial charge in [0.2, 0.25) is 16.9 Å². The van der Waals surface area contributed by atoms with Crippen molar-refractivity contribution in [3.63, 3.8) is 0 Å². The zero-order valence-corrected chi connectivity index (χ0v) is 17.5. The van der Waals surface area contributed by atoms with Gasteiger partial charge in [-0.05, 0) is 25.7 Å². The minimum absolute atomic E-state index is 0.0491. The van der Waals surface area contributed by atoms with E-state index in [1.54, 1.807) is 18.7 Å². The van der Waals surface area contributed by atoms with Gasteiger partial charge in [0.1, 0.15) is 12.1 Å². The zero-order chi connectivity index (χ0) is 20.1. The standard InChI is InChI=1S/C18H28N2O5S2/c1-11(9-26)15(21)20-8-4-6-14(20)18(25)27-10-12(2)16(22)19-7-3-5-13(19)17(23)24/h11-14,26H,3-10H2,1-2H3,(H,23,24)/t11-,12-,13+,14+/m1/s1. The van der Waals surface area contributed by atoms with Crippen LogP contribution >= 0.6 is 24.4 Å². The van der Waals surface area contributed by atoms with Gasteiger partial charge in [0, 0.05) is 36.4 Å². The fraction of sp³-hybridized carbons (Fsp3) is 0.778. The van der Waals surface area contributed by atoms with Crippen molar-refractivity contribution in [2.24, 2.45) is 11.8 Å². The van der Waals surface area contributed by atoms with Crippen LogP contribution < -0.4 is 0 Å². The van der Waals surface area contributed by atoms with E-state index in [4.69, 9.17) is 0 Å². The second kappa shape index (κ2) is 9.82. The van der Waals surface area contributed by atoms with Gasteiger partial charge in [0.05, 0.1) is 0 Å². The van der Waals surface area contributed by atoms with Gasteiger partial charge < -0.3 is 14.9 Å². The summed E-state index contributed by atoms with van der Waals surface area (Å²) in [5.74, 6) is -1.18. The maximum absolute atomic E-state index is 12.6. The van der Waals surface area contributed by atoms with E-state index in [0.717, 1.165) is 18.2 Å². The maximum Gasteiger partial charge on any atom is 0.326 e. The lowest BCUT2D eigenvalue weighted by Gasteiger charge is -2.27. The summed E-state index contributed by atoms with van der Waals surface area (Å²) in [4.78, 5) is 51.9. The maximum atomic E-state index is 12.6. The minimum atomic E-state index is -0.977. The summed E-state index contributed by atoms with van der Waals surface area (Å²) in [5.41, 5.74) is 0. The van der Waals surface area contributed by atoms with Crippen LogP contribution in [-0.2, 0) is 19.2 Å². The lowest BCUT2D eigenvalue weighted by atomic mass is 10.1. The molecule has 0 bridgehead atoms. The Kier molecular flexibility index (Phi) is 8.03. The van der Waals surface area contributed by atoms with Gasteiger partial charge in [0.25, 0.3) is 0 Å². The Hall–Kier alpha value is -1.22. The average Bonchev–Trinajstić information content (AvgIpc) is 3.33. The third-order valence-electron chi connectivity index (χ3n) is 5.22. The first-order valence-electron chi connectivity index (χ1n) is 9.39. The summed E-state index contributed by atoms with van der Waals surface area (Å²) in [5, 5.41) is 9.13. The number of amides is 2. The molecule has 27 heavy (non-hydrogen) atoms. The van der Waals surface area contributed by atoms with Crippen molar-refractivity contribution < 1.29 is 24.3 Å². The SMILES string of the molecule is C[C@H](CSC(=O)[C@@H]1CCCN1C(=O)[C@H](C)CS)C(=O)N1CCC[C@H]1C(=O)O. The van der Waals surface area contributed by atoms with Crippen molar-refractivity contribution in [2.75, 3.05) is 24.6 Å². The quantitative estimate of drug-likeness (QED) is 0.611. The number of likely N-dealkylation sites (tertiary alicyclic amines) is 2. The van der Waals surface area contributed by atoms with Gasteiger partial charge in [-0.25, -0.2) is 4.79 Å². The molecule has 0 spiro atoms. The number of carboxylic acids is 1. The first-order chi connectivity index (χ1) is 12.8. The Balaban J connectivity index is 1.89. The Morgan fingerprint density at radius 3 is 2.07 bits per heavy atom. The van der Waals surface area contributed by atoms with E-state index in [1.807, 2.05) is 0 Å². The molecule has 4 atom stereocenters. The molecular formula is C18H28N2O5S2. The monoisotopic (exact) mass is 416 g/mol. The van der Waals surface area contributed by atoms with Crippen LogP contribution in [0.2, 0.25) is 0 Å². The fourth-order valence-corrected chi connectivity index (χ4v) is 4.73. The molecule has 2 amide bonds. The molecule has 2 rings (SSSR count). The highest BCUT2D eigenvalue weighted by Gasteiger charge is 2.38. The van der Waals surface area contributed by atoms with Gasteiger partial charge in [-0.1, -0.05) is 25.6 Å². The van der Waals surface area contributed by atoms with Crippen LogP contribution in [0.3, 0.4) is 0 Å². The van der Waals surface area contributed by atoms with E-state index in [9.17, 15) is 24.3 Å². The van der Waals surface area contributed by atoms with E-state index in [-0.39, 0.29) is 22.8 Å². The molecule has 0 radical (unpaired) electrons. The molecule has 2 aliphatic rings. The van der Waals surface area contributed by atoms with Crippen molar-refractivity contribution in [1.82, 2.24) is 9.80 Å². The number of rotatable bonds is 7. The zero-order valence-electron chi connectivity index (χ0n) is 15.8. The first kappa shape index (κ1) is 22.1. The number of hydrogen-bond acceptors (Lipinski definition) is 6. The summed E-state index contributed by atoms with van der Waals surface area (Å²) in [7, 11) is 0. The molecule has 0 aromatic rings. The highest BCUT2D eigenvalue weighted by atomic mass is 32.2. The van der Waals surface area contributed by atoms with Gasteiger partial charge >= 0.3 is 5.97 Å². The van der Waals surface area contributed by atoms with Crippen molar-refractivity contribution in [1.29, 1.82) is 0 Å². The third-order valence-corrected chi connectivity index (χ3v) is 6.99. The summed E-state index contributed by atoms with van der Waals surface area (Å²) in [6, 6.07) is -1.20. The van der Waals surface area contributed by atoms with Crippen LogP contribution in [0.25, 0.3) is 0 Å². The molecule has 2 saturated heterocycles. The lowest BCUT2D eigenvalue weighted by Crippen LogP contribution is -2.44. The minimum Gasteiger partial charge on any atom is -0.480 e. The first-order valence-corrected chi connectivity index (χ1v) is 11.0. The Labute approximate surface area is 169 Å². The third kappa shape index (κ3) is 5.19. The number of thioether (sulfide) groups is 1. The summed E-state index contributed by atoms with van der Waals surface area (Å²) in [6.07, 6.45) is 2.60. The Bertz CT molecular complexity index is 600. The van der Waals surface area contributed by atoms with Gasteiger partial charge in [-0.2, -0.15) is 12.6 Å². The van der Waals surface area contributed by atoms with E-state index in [1.165, 1.54) is 4.90 Å². The largest absolute Gasteiger partial charge is 0.480 e. The number of hydrogen-bond donors (Lipinski definition) is 2. The number of thiol groups is 1. The van der Waals surface area contributed by atoms with E-state index >= 15 is 0 Å². The molecule has 7 nitrogen and oxygen atoms in total. The molecule has 0 aromatic carbocycles. The number of carbonyl (C=O) groups is 4. The molecule has 1 N–H and O–H groups in total. The molecule has 0 aliphatic carbocycles. The number of aliphatic carboxylic acids is 1. The highest BCUT2D eigenvalue weighted by molar-refractivity contribution is 8.13. The van der Waals surface area contributed by atoms with Crippen LogP contribution in [0.5, 0.6) is 0 Å². The Morgan fingerprint density at radius 2 is 1.52 bits per heavy atom. The van der Waals surface area contributed by atoms with Gasteiger partial charge in [-0.15, -0.1) is 0 Å². The normalized spacial score (nSPS) is 24.7. The van der Waals surface area contributed by atoms with E-state index in [0.29, 0.717) is 43.9 Å². The van der Waals surface area contributed by atoms with E-state index in [2.05, 4.69) is 12.6 Å². The van der Waals surface area contributed by atoms with Crippen LogP contribution in [0.1, 0.15) is 39.5 Å². The predicted molar refractivity (Wildman–Crippen MR) is 107 cm³/mol. The van der Waals surface area contributed by atoms with Crippen molar-refractivity contribution in [3.05, 3.63) is 0 Å². The summed E-state index contributed by atoms with van der Waals surface area (Å²) < 4.78 is 0. The molecule has 152 valence electrons. The Morgan fingerprint density at radius 1 is 1.00 bits per heavy atom. The molecule has 9 heteroatoms. The average molecular weight is 417 g/mol. The lowest BCUT2D eigenvalue weighted by molar-refractivity contribution is -0.149. The van der Waals surface area contributed by atoms with Crippen molar-refractivity contribution in [2.45, 2.75) is 51.6 Å². The molecule has 0 aromatic heterocycles. The second-order valence-electron chi connectivity index (χ2n) is 7.33. The number of nitrogens with zero attached hydrogens (tertiary/aromatic N) is 2. The molecule has 2 aliphatic heterocycles. The number of carboxylic acid groups (broad SMARTS) is 1. The summed E-state index contributed by atoms with van der Waals surface area (Å²) in [6.45, 7) is 4.56. The van der Waals surface area contributed by atoms with Crippen molar-refractivity contribution >= 4 is 47.3 Å². The smallest absolute Gasteiger partial charge is 0.326 e. The van der Waals surface area contributed by atoms with Crippen LogP contribution in [0.4, 0.5) is 0 Å². The van der Waals surface area contributed by atoms with E-state index < -0.39 is 24.0 Å². The van der Waals surface area contributed by atoms with Crippen LogP contribution in [0, 0.1) is 11.8 Å². The molecular weight excluding hydrogens is 388 g/mol. The molecule has 2 fully saturated rings. The predicted octanol–water partition coefficient (Wildman–Crippen LogP) is 1.51. The van der Waals surface area contributed by atoms with Gasteiger partial charge in [0.15, 0.2) is 0 Å². The molecule has 0 saturated carbocycles. The molecule has 0 unspecified atom stereocenters.